The van der Waals surface area contributed by atoms with Gasteiger partial charge in [0.05, 0.1) is 0 Å². The molecule has 0 spiro atoms. The van der Waals surface area contributed by atoms with E-state index in [0.717, 1.165) is 5.69 Å². The van der Waals surface area contributed by atoms with Crippen molar-refractivity contribution in [2.45, 2.75) is 82.1 Å². The third-order valence-electron chi connectivity index (χ3n) is 2.63. The number of hydrogen-bond donors (Lipinski definition) is 0. The highest BCUT2D eigenvalue weighted by atomic mass is 14.7. The fourth-order valence-electron chi connectivity index (χ4n) is 1.43. The van der Waals surface area contributed by atoms with E-state index >= 15 is 0 Å². The van der Waals surface area contributed by atoms with Crippen molar-refractivity contribution >= 4 is 0 Å². The van der Waals surface area contributed by atoms with E-state index in [1.807, 2.05) is 64.4 Å². The van der Waals surface area contributed by atoms with Crippen molar-refractivity contribution in [1.29, 1.82) is 0 Å². The Morgan fingerprint density at radius 1 is 0.708 bits per heavy atom. The van der Waals surface area contributed by atoms with E-state index in [1.165, 1.54) is 5.56 Å². The largest absolute Gasteiger partial charge is 0.264 e. The van der Waals surface area contributed by atoms with Crippen molar-refractivity contribution < 1.29 is 0 Å². The molecule has 0 amide bonds. The lowest BCUT2D eigenvalue weighted by Gasteiger charge is -2.00. The van der Waals surface area contributed by atoms with Crippen LogP contribution in [0, 0.1) is 0 Å². The summed E-state index contributed by atoms with van der Waals surface area (Å²) in [5, 5.41) is 0. The van der Waals surface area contributed by atoms with Crippen LogP contribution in [-0.2, 0) is 0 Å². The van der Waals surface area contributed by atoms with Crippen molar-refractivity contribution in [1.82, 2.24) is 9.97 Å². The zero-order valence-corrected chi connectivity index (χ0v) is 15.7. The lowest BCUT2D eigenvalue weighted by molar-refractivity contribution is 0.823. The van der Waals surface area contributed by atoms with E-state index in [9.17, 15) is 0 Å². The van der Waals surface area contributed by atoms with Gasteiger partial charge in [-0.25, -0.2) is 0 Å². The average molecular weight is 335 g/mol. The molecule has 0 saturated heterocycles. The highest BCUT2D eigenvalue weighted by molar-refractivity contribution is 5.12. The van der Waals surface area contributed by atoms with Crippen molar-refractivity contribution in [2.75, 3.05) is 0 Å². The quantitative estimate of drug-likeness (QED) is 0.561. The molecule has 2 rings (SSSR count). The molecule has 0 aliphatic rings. The molecule has 24 heavy (non-hydrogen) atoms. The average Bonchev–Trinajstić information content (AvgIpc) is 2.60. The molecule has 0 atom stereocenters. The van der Waals surface area contributed by atoms with Crippen LogP contribution in [0.15, 0.2) is 48.9 Å². The van der Waals surface area contributed by atoms with Crippen LogP contribution < -0.4 is 0 Å². The summed E-state index contributed by atoms with van der Waals surface area (Å²) < 4.78 is 0. The smallest absolute Gasteiger partial charge is 0.0428 e. The SMILES string of the molecule is C.C.CC.CC.CC(C)c1ccccn1.CC(C)c1cccnc1. The molecule has 0 bridgehead atoms. The topological polar surface area (TPSA) is 25.8 Å². The molecule has 0 fully saturated rings. The van der Waals surface area contributed by atoms with Crippen molar-refractivity contribution in [3.63, 3.8) is 0 Å². The summed E-state index contributed by atoms with van der Waals surface area (Å²) in [6.07, 6.45) is 5.53. The predicted molar refractivity (Wildman–Crippen MR) is 113 cm³/mol. The van der Waals surface area contributed by atoms with Gasteiger partial charge >= 0.3 is 0 Å². The van der Waals surface area contributed by atoms with E-state index in [2.05, 4.69) is 43.7 Å². The summed E-state index contributed by atoms with van der Waals surface area (Å²) in [6.45, 7) is 16.6. The maximum atomic E-state index is 4.18. The van der Waals surface area contributed by atoms with Crippen LogP contribution >= 0.6 is 0 Å². The Labute approximate surface area is 152 Å². The summed E-state index contributed by atoms with van der Waals surface area (Å²) in [5.41, 5.74) is 2.47. The predicted octanol–water partition coefficient (Wildman–Crippen LogP) is 7.73. The molecule has 2 heteroatoms. The van der Waals surface area contributed by atoms with E-state index in [1.54, 1.807) is 6.20 Å². The first kappa shape index (κ1) is 30.2. The van der Waals surface area contributed by atoms with E-state index in [4.69, 9.17) is 0 Å². The first-order chi connectivity index (χ1) is 10.6. The fourth-order valence-corrected chi connectivity index (χ4v) is 1.43. The molecule has 2 heterocycles. The van der Waals surface area contributed by atoms with Gasteiger partial charge in [0.15, 0.2) is 0 Å². The third kappa shape index (κ3) is 15.2. The zero-order valence-electron chi connectivity index (χ0n) is 15.7. The van der Waals surface area contributed by atoms with Crippen LogP contribution in [0.3, 0.4) is 0 Å². The third-order valence-corrected chi connectivity index (χ3v) is 2.63. The number of rotatable bonds is 2. The van der Waals surface area contributed by atoms with Gasteiger partial charge < -0.3 is 0 Å². The summed E-state index contributed by atoms with van der Waals surface area (Å²) in [7, 11) is 0. The van der Waals surface area contributed by atoms with Crippen LogP contribution in [0.5, 0.6) is 0 Å². The van der Waals surface area contributed by atoms with Crippen LogP contribution in [0.25, 0.3) is 0 Å². The van der Waals surface area contributed by atoms with Crippen LogP contribution in [0.2, 0.25) is 0 Å². The molecule has 0 aliphatic carbocycles. The molecule has 140 valence electrons. The van der Waals surface area contributed by atoms with E-state index in [-0.39, 0.29) is 14.9 Å². The molecule has 2 aromatic heterocycles. The van der Waals surface area contributed by atoms with Gasteiger partial charge in [0.1, 0.15) is 0 Å². The van der Waals surface area contributed by atoms with Crippen LogP contribution in [0.4, 0.5) is 0 Å². The fraction of sp³-hybridized carbons (Fsp3) is 0.545. The van der Waals surface area contributed by atoms with E-state index < -0.39 is 0 Å². The number of nitrogens with zero attached hydrogens (tertiary/aromatic N) is 2. The second-order valence-corrected chi connectivity index (χ2v) is 4.85. The standard InChI is InChI=1S/2C8H11N.2C2H6.2CH4/c1-7(2)8-4-3-5-9-6-8;1-7(2)8-5-3-4-6-9-8;2*1-2;;/h2*3-7H,1-2H3;2*1-2H3;2*1H4. The second kappa shape index (κ2) is 21.3. The Hall–Kier alpha value is -1.70. The number of aromatic nitrogens is 2. The highest BCUT2D eigenvalue weighted by Gasteiger charge is 1.95. The Balaban J connectivity index is -0.000000129. The molecule has 0 saturated carbocycles. The second-order valence-electron chi connectivity index (χ2n) is 4.85. The molecule has 0 unspecified atom stereocenters. The molecular formula is C22H42N2. The number of hydrogen-bond acceptors (Lipinski definition) is 2. The van der Waals surface area contributed by atoms with E-state index in [0.29, 0.717) is 11.8 Å². The molecule has 0 radical (unpaired) electrons. The summed E-state index contributed by atoms with van der Waals surface area (Å²) in [5.74, 6) is 1.14. The summed E-state index contributed by atoms with van der Waals surface area (Å²) in [4.78, 5) is 8.18. The highest BCUT2D eigenvalue weighted by Crippen LogP contribution is 2.10. The summed E-state index contributed by atoms with van der Waals surface area (Å²) in [6, 6.07) is 10.1. The Bertz CT molecular complexity index is 379. The Morgan fingerprint density at radius 3 is 1.54 bits per heavy atom. The van der Waals surface area contributed by atoms with Crippen LogP contribution in [-0.4, -0.2) is 9.97 Å². The normalized spacial score (nSPS) is 8.08. The molecule has 2 nitrogen and oxygen atoms in total. The van der Waals surface area contributed by atoms with Gasteiger partial charge in [-0.1, -0.05) is 82.4 Å². The van der Waals surface area contributed by atoms with Gasteiger partial charge in [-0.2, -0.15) is 0 Å². The molecular weight excluding hydrogens is 292 g/mol. The molecule has 0 N–H and O–H groups in total. The maximum Gasteiger partial charge on any atom is 0.0428 e. The lowest BCUT2D eigenvalue weighted by atomic mass is 10.1. The van der Waals surface area contributed by atoms with Gasteiger partial charge in [-0.3, -0.25) is 9.97 Å². The van der Waals surface area contributed by atoms with Gasteiger partial charge in [0, 0.05) is 24.3 Å². The van der Waals surface area contributed by atoms with Gasteiger partial charge in [-0.05, 0) is 35.6 Å². The van der Waals surface area contributed by atoms with Crippen molar-refractivity contribution in [2.24, 2.45) is 0 Å². The minimum Gasteiger partial charge on any atom is -0.264 e. The van der Waals surface area contributed by atoms with Crippen molar-refractivity contribution in [3.05, 3.63) is 60.2 Å². The first-order valence-electron chi connectivity index (χ1n) is 8.42. The lowest BCUT2D eigenvalue weighted by Crippen LogP contribution is -1.88. The summed E-state index contributed by atoms with van der Waals surface area (Å²) >= 11 is 0. The van der Waals surface area contributed by atoms with Gasteiger partial charge in [-0.15, -0.1) is 0 Å². The minimum atomic E-state index is 0. The first-order valence-corrected chi connectivity index (χ1v) is 8.42. The van der Waals surface area contributed by atoms with Crippen LogP contribution in [0.1, 0.15) is 93.3 Å². The molecule has 2 aromatic rings. The number of pyridine rings is 2. The molecule has 0 aliphatic heterocycles. The molecule has 0 aromatic carbocycles. The Morgan fingerprint density at radius 2 is 1.29 bits per heavy atom. The Kier molecular flexibility index (Phi) is 26.8. The van der Waals surface area contributed by atoms with Crippen molar-refractivity contribution in [3.8, 4) is 0 Å². The van der Waals surface area contributed by atoms with Gasteiger partial charge in [0.2, 0.25) is 0 Å². The van der Waals surface area contributed by atoms with Gasteiger partial charge in [0.25, 0.3) is 0 Å². The maximum absolute atomic E-state index is 4.18. The minimum absolute atomic E-state index is 0. The monoisotopic (exact) mass is 334 g/mol. The zero-order chi connectivity index (χ0) is 17.4.